The Morgan fingerprint density at radius 2 is 1.71 bits per heavy atom. The average molecular weight is 517 g/mol. The molecule has 0 fully saturated rings. The second kappa shape index (κ2) is 10.7. The summed E-state index contributed by atoms with van der Waals surface area (Å²) < 4.78 is 12.6. The van der Waals surface area contributed by atoms with Gasteiger partial charge in [-0.2, -0.15) is 5.26 Å². The summed E-state index contributed by atoms with van der Waals surface area (Å²) in [6.45, 7) is 4.72. The molecule has 0 aromatic heterocycles. The summed E-state index contributed by atoms with van der Waals surface area (Å²) in [5.74, 6) is 1.18. The van der Waals surface area contributed by atoms with Gasteiger partial charge in [0, 0.05) is 4.47 Å². The monoisotopic (exact) mass is 515 g/mol. The van der Waals surface area contributed by atoms with Crippen LogP contribution in [0.1, 0.15) is 29.2 Å². The molecule has 0 saturated carbocycles. The highest BCUT2D eigenvalue weighted by Crippen LogP contribution is 2.36. The zero-order chi connectivity index (χ0) is 22.4. The normalized spacial score (nSPS) is 11.2. The van der Waals surface area contributed by atoms with Crippen molar-refractivity contribution in [3.05, 3.63) is 91.4 Å². The molecule has 31 heavy (non-hydrogen) atoms. The van der Waals surface area contributed by atoms with Crippen LogP contribution in [0, 0.1) is 18.3 Å². The fourth-order valence-electron chi connectivity index (χ4n) is 2.90. The molecule has 0 aliphatic heterocycles. The summed E-state index contributed by atoms with van der Waals surface area (Å²) in [5, 5.41) is 10.7. The number of nitriles is 1. The highest BCUT2D eigenvalue weighted by Gasteiger charge is 2.12. The molecule has 0 radical (unpaired) electrons. The first-order valence-electron chi connectivity index (χ1n) is 9.63. The van der Waals surface area contributed by atoms with Crippen molar-refractivity contribution in [2.45, 2.75) is 20.5 Å². The van der Waals surface area contributed by atoms with Crippen LogP contribution in [0.4, 0.5) is 0 Å². The molecule has 0 atom stereocenters. The molecule has 0 aliphatic rings. The quantitative estimate of drug-likeness (QED) is 0.235. The molecule has 3 rings (SSSR count). The lowest BCUT2D eigenvalue weighted by molar-refractivity contribution is 0.269. The van der Waals surface area contributed by atoms with Crippen LogP contribution >= 0.6 is 39.1 Å². The van der Waals surface area contributed by atoms with E-state index in [-0.39, 0.29) is 0 Å². The van der Waals surface area contributed by atoms with E-state index in [0.29, 0.717) is 40.3 Å². The van der Waals surface area contributed by atoms with E-state index < -0.39 is 0 Å². The minimum atomic E-state index is 0.311. The molecule has 3 nitrogen and oxygen atoms in total. The van der Waals surface area contributed by atoms with E-state index in [1.54, 1.807) is 12.1 Å². The van der Waals surface area contributed by atoms with Crippen LogP contribution in [-0.4, -0.2) is 6.61 Å². The van der Waals surface area contributed by atoms with Crippen molar-refractivity contribution in [1.29, 1.82) is 5.26 Å². The number of nitrogens with zero attached hydrogens (tertiary/aromatic N) is 1. The maximum atomic E-state index is 9.67. The van der Waals surface area contributed by atoms with Gasteiger partial charge in [-0.1, -0.05) is 75.0 Å². The molecule has 0 heterocycles. The van der Waals surface area contributed by atoms with Crippen LogP contribution in [-0.2, 0) is 6.61 Å². The van der Waals surface area contributed by atoms with Gasteiger partial charge in [-0.3, -0.25) is 0 Å². The van der Waals surface area contributed by atoms with Crippen LogP contribution in [0.2, 0.25) is 10.0 Å². The van der Waals surface area contributed by atoms with Crippen molar-refractivity contribution in [3.8, 4) is 17.6 Å². The van der Waals surface area contributed by atoms with Crippen LogP contribution in [0.5, 0.6) is 11.5 Å². The third-order valence-corrected chi connectivity index (χ3v) is 5.95. The van der Waals surface area contributed by atoms with Gasteiger partial charge in [0.1, 0.15) is 6.61 Å². The van der Waals surface area contributed by atoms with E-state index in [2.05, 4.69) is 22.0 Å². The van der Waals surface area contributed by atoms with Gasteiger partial charge in [-0.15, -0.1) is 0 Å². The van der Waals surface area contributed by atoms with E-state index >= 15 is 0 Å². The molecule has 0 aliphatic carbocycles. The topological polar surface area (TPSA) is 42.2 Å². The predicted molar refractivity (Wildman–Crippen MR) is 131 cm³/mol. The maximum absolute atomic E-state index is 9.67. The lowest BCUT2D eigenvalue weighted by Gasteiger charge is -2.14. The number of aryl methyl sites for hydroxylation is 1. The summed E-state index contributed by atoms with van der Waals surface area (Å²) in [6.07, 6.45) is 1.83. The Labute approximate surface area is 201 Å². The van der Waals surface area contributed by atoms with Crippen LogP contribution in [0.3, 0.4) is 0 Å². The second-order valence-corrected chi connectivity index (χ2v) is 8.50. The summed E-state index contributed by atoms with van der Waals surface area (Å²) in [7, 11) is 0. The molecule has 0 saturated heterocycles. The summed E-state index contributed by atoms with van der Waals surface area (Å²) in [4.78, 5) is 0. The van der Waals surface area contributed by atoms with E-state index in [9.17, 15) is 5.26 Å². The summed E-state index contributed by atoms with van der Waals surface area (Å²) in [6, 6.07) is 19.2. The largest absolute Gasteiger partial charge is 0.490 e. The fraction of sp³-hybridized carbons (Fsp3) is 0.160. The third-order valence-electron chi connectivity index (χ3n) is 4.52. The first-order valence-corrected chi connectivity index (χ1v) is 11.2. The van der Waals surface area contributed by atoms with Gasteiger partial charge in [-0.05, 0) is 60.9 Å². The van der Waals surface area contributed by atoms with Gasteiger partial charge >= 0.3 is 0 Å². The zero-order valence-corrected chi connectivity index (χ0v) is 20.2. The van der Waals surface area contributed by atoms with Gasteiger partial charge in [0.2, 0.25) is 0 Å². The highest BCUT2D eigenvalue weighted by molar-refractivity contribution is 9.10. The number of ether oxygens (including phenoxy) is 2. The molecule has 158 valence electrons. The minimum Gasteiger partial charge on any atom is -0.490 e. The van der Waals surface area contributed by atoms with Crippen molar-refractivity contribution >= 4 is 50.8 Å². The van der Waals surface area contributed by atoms with Gasteiger partial charge in [-0.25, -0.2) is 0 Å². The van der Waals surface area contributed by atoms with Crippen molar-refractivity contribution in [2.75, 3.05) is 6.61 Å². The molecule has 0 spiro atoms. The summed E-state index contributed by atoms with van der Waals surface area (Å²) >= 11 is 15.7. The fourth-order valence-corrected chi connectivity index (χ4v) is 3.66. The number of benzene rings is 3. The molecule has 0 N–H and O–H groups in total. The molecular weight excluding hydrogens is 497 g/mol. The molecule has 0 amide bonds. The van der Waals surface area contributed by atoms with Gasteiger partial charge in [0.15, 0.2) is 11.5 Å². The molecular formula is C25H20BrCl2NO2. The molecule has 0 unspecified atom stereocenters. The SMILES string of the molecule is CCOc1cc(/C=C(/C#N)c2ccc(C)cc2)c(Br)cc1OCc1ccc(Cl)c(Cl)c1. The zero-order valence-electron chi connectivity index (χ0n) is 17.1. The Kier molecular flexibility index (Phi) is 8.03. The predicted octanol–water partition coefficient (Wildman–Crippen LogP) is 8.11. The maximum Gasteiger partial charge on any atom is 0.162 e. The van der Waals surface area contributed by atoms with Gasteiger partial charge < -0.3 is 9.47 Å². The van der Waals surface area contributed by atoms with Crippen molar-refractivity contribution < 1.29 is 9.47 Å². The standard InChI is InChI=1S/C25H20BrCl2NO2/c1-3-30-24-12-19(11-20(14-29)18-7-4-16(2)5-8-18)21(26)13-25(24)31-15-17-6-9-22(27)23(28)10-17/h4-13H,3,15H2,1-2H3/b20-11-. The first kappa shape index (κ1) is 23.2. The number of halogens is 3. The Morgan fingerprint density at radius 1 is 1.00 bits per heavy atom. The Bertz CT molecular complexity index is 1150. The Balaban J connectivity index is 1.91. The first-order chi connectivity index (χ1) is 14.9. The number of rotatable bonds is 7. The van der Waals surface area contributed by atoms with E-state index in [1.165, 1.54) is 0 Å². The number of allylic oxidation sites excluding steroid dienone is 1. The van der Waals surface area contributed by atoms with Gasteiger partial charge in [0.05, 0.1) is 28.3 Å². The average Bonchev–Trinajstić information content (AvgIpc) is 2.76. The minimum absolute atomic E-state index is 0.311. The smallest absolute Gasteiger partial charge is 0.162 e. The van der Waals surface area contributed by atoms with Crippen LogP contribution < -0.4 is 9.47 Å². The van der Waals surface area contributed by atoms with Crippen molar-refractivity contribution in [3.63, 3.8) is 0 Å². The van der Waals surface area contributed by atoms with Crippen molar-refractivity contribution in [1.82, 2.24) is 0 Å². The second-order valence-electron chi connectivity index (χ2n) is 6.83. The lowest BCUT2D eigenvalue weighted by Crippen LogP contribution is -2.00. The van der Waals surface area contributed by atoms with E-state index in [1.807, 2.05) is 62.4 Å². The highest BCUT2D eigenvalue weighted by atomic mass is 79.9. The summed E-state index contributed by atoms with van der Waals surface area (Å²) in [5.41, 5.74) is 4.28. The van der Waals surface area contributed by atoms with E-state index in [0.717, 1.165) is 26.7 Å². The molecule has 3 aromatic rings. The van der Waals surface area contributed by atoms with Gasteiger partial charge in [0.25, 0.3) is 0 Å². The molecule has 3 aromatic carbocycles. The van der Waals surface area contributed by atoms with Crippen LogP contribution in [0.15, 0.2) is 59.1 Å². The molecule has 0 bridgehead atoms. The third kappa shape index (κ3) is 6.04. The lowest BCUT2D eigenvalue weighted by atomic mass is 10.0. The number of hydrogen-bond acceptors (Lipinski definition) is 3. The molecule has 6 heteroatoms. The Morgan fingerprint density at radius 3 is 2.35 bits per heavy atom. The van der Waals surface area contributed by atoms with Crippen molar-refractivity contribution in [2.24, 2.45) is 0 Å². The number of hydrogen-bond donors (Lipinski definition) is 0. The Hall–Kier alpha value is -2.45. The van der Waals surface area contributed by atoms with Crippen LogP contribution in [0.25, 0.3) is 11.6 Å². The van der Waals surface area contributed by atoms with E-state index in [4.69, 9.17) is 32.7 Å².